The predicted molar refractivity (Wildman–Crippen MR) is 89.8 cm³/mol. The summed E-state index contributed by atoms with van der Waals surface area (Å²) >= 11 is 0. The lowest BCUT2D eigenvalue weighted by Gasteiger charge is -2.11. The summed E-state index contributed by atoms with van der Waals surface area (Å²) in [7, 11) is 1.66. The molecule has 1 heterocycles. The molecule has 4 heteroatoms. The second kappa shape index (κ2) is 6.43. The normalized spacial score (nSPS) is 10.6. The van der Waals surface area contributed by atoms with Gasteiger partial charge in [-0.1, -0.05) is 19.1 Å². The van der Waals surface area contributed by atoms with Gasteiger partial charge in [-0.05, 0) is 42.8 Å². The minimum atomic E-state index is 0.838. The Bertz CT molecular complexity index is 769. The lowest BCUT2D eigenvalue weighted by molar-refractivity contribution is 0.415. The van der Waals surface area contributed by atoms with E-state index in [4.69, 9.17) is 4.74 Å². The standard InChI is InChI=1S/C18H19N3O/c1-3-6-17-20-16-8-5-4-7-15(16)18(21-17)19-13-9-11-14(22-2)12-10-13/h4-5,7-12H,3,6H2,1-2H3,(H,19,20,21). The Labute approximate surface area is 130 Å². The van der Waals surface area contributed by atoms with Crippen molar-refractivity contribution < 1.29 is 4.74 Å². The van der Waals surface area contributed by atoms with E-state index < -0.39 is 0 Å². The molecule has 0 atom stereocenters. The Hall–Kier alpha value is -2.62. The van der Waals surface area contributed by atoms with E-state index in [0.717, 1.165) is 46.8 Å². The first-order valence-electron chi connectivity index (χ1n) is 7.47. The molecule has 0 spiro atoms. The molecule has 0 amide bonds. The number of aromatic nitrogens is 2. The van der Waals surface area contributed by atoms with Crippen molar-refractivity contribution in [2.75, 3.05) is 12.4 Å². The van der Waals surface area contributed by atoms with Gasteiger partial charge in [0, 0.05) is 17.5 Å². The van der Waals surface area contributed by atoms with E-state index in [2.05, 4.69) is 22.2 Å². The van der Waals surface area contributed by atoms with Gasteiger partial charge in [-0.15, -0.1) is 0 Å². The Morgan fingerprint density at radius 3 is 2.50 bits per heavy atom. The number of nitrogens with one attached hydrogen (secondary N) is 1. The first kappa shape index (κ1) is 14.3. The quantitative estimate of drug-likeness (QED) is 0.760. The number of ether oxygens (including phenoxy) is 1. The van der Waals surface area contributed by atoms with Crippen molar-refractivity contribution in [2.24, 2.45) is 0 Å². The Morgan fingerprint density at radius 2 is 1.77 bits per heavy atom. The molecule has 22 heavy (non-hydrogen) atoms. The fourth-order valence-corrected chi connectivity index (χ4v) is 2.37. The van der Waals surface area contributed by atoms with Crippen LogP contribution in [0.5, 0.6) is 5.75 Å². The summed E-state index contributed by atoms with van der Waals surface area (Å²) in [5, 5.41) is 4.42. The Kier molecular flexibility index (Phi) is 4.19. The third-order valence-corrected chi connectivity index (χ3v) is 3.48. The molecule has 0 aliphatic rings. The molecule has 1 aromatic heterocycles. The first-order chi connectivity index (χ1) is 10.8. The maximum Gasteiger partial charge on any atom is 0.142 e. The molecule has 0 saturated heterocycles. The van der Waals surface area contributed by atoms with Gasteiger partial charge in [0.2, 0.25) is 0 Å². The Morgan fingerprint density at radius 1 is 1.00 bits per heavy atom. The highest BCUT2D eigenvalue weighted by atomic mass is 16.5. The molecule has 0 aliphatic carbocycles. The molecule has 2 aromatic carbocycles. The minimum absolute atomic E-state index is 0.838. The molecule has 4 nitrogen and oxygen atoms in total. The zero-order valence-corrected chi connectivity index (χ0v) is 12.8. The summed E-state index contributed by atoms with van der Waals surface area (Å²) in [6, 6.07) is 15.9. The number of aryl methyl sites for hydroxylation is 1. The number of methoxy groups -OCH3 is 1. The van der Waals surface area contributed by atoms with Crippen molar-refractivity contribution in [2.45, 2.75) is 19.8 Å². The van der Waals surface area contributed by atoms with Crippen LogP contribution in [0.1, 0.15) is 19.2 Å². The highest BCUT2D eigenvalue weighted by Gasteiger charge is 2.07. The maximum absolute atomic E-state index is 5.19. The summed E-state index contributed by atoms with van der Waals surface area (Å²) in [5.41, 5.74) is 1.95. The van der Waals surface area contributed by atoms with E-state index in [-0.39, 0.29) is 0 Å². The second-order valence-corrected chi connectivity index (χ2v) is 5.11. The van der Waals surface area contributed by atoms with Crippen LogP contribution in [-0.4, -0.2) is 17.1 Å². The number of benzene rings is 2. The smallest absolute Gasteiger partial charge is 0.142 e. The summed E-state index contributed by atoms with van der Waals surface area (Å²) in [6.07, 6.45) is 1.91. The lowest BCUT2D eigenvalue weighted by Crippen LogP contribution is -2.01. The van der Waals surface area contributed by atoms with Gasteiger partial charge in [0.1, 0.15) is 17.4 Å². The van der Waals surface area contributed by atoms with Crippen LogP contribution in [0.2, 0.25) is 0 Å². The number of fused-ring (bicyclic) bond motifs is 1. The van der Waals surface area contributed by atoms with E-state index in [0.29, 0.717) is 0 Å². The molecule has 112 valence electrons. The molecule has 3 rings (SSSR count). The Balaban J connectivity index is 2.00. The fourth-order valence-electron chi connectivity index (χ4n) is 2.37. The van der Waals surface area contributed by atoms with E-state index >= 15 is 0 Å². The molecule has 0 radical (unpaired) electrons. The molecule has 0 unspecified atom stereocenters. The number of hydrogen-bond donors (Lipinski definition) is 1. The van der Waals surface area contributed by atoms with E-state index in [1.807, 2.05) is 48.5 Å². The highest BCUT2D eigenvalue weighted by Crippen LogP contribution is 2.25. The second-order valence-electron chi connectivity index (χ2n) is 5.11. The van der Waals surface area contributed by atoms with Crippen molar-refractivity contribution >= 4 is 22.4 Å². The monoisotopic (exact) mass is 293 g/mol. The van der Waals surface area contributed by atoms with Crippen LogP contribution >= 0.6 is 0 Å². The van der Waals surface area contributed by atoms with Gasteiger partial charge in [-0.2, -0.15) is 0 Å². The molecule has 0 bridgehead atoms. The van der Waals surface area contributed by atoms with Crippen LogP contribution in [0.25, 0.3) is 10.9 Å². The van der Waals surface area contributed by atoms with Crippen molar-refractivity contribution in [3.63, 3.8) is 0 Å². The first-order valence-corrected chi connectivity index (χ1v) is 7.47. The van der Waals surface area contributed by atoms with Gasteiger partial charge in [-0.25, -0.2) is 9.97 Å². The van der Waals surface area contributed by atoms with E-state index in [1.165, 1.54) is 0 Å². The number of hydrogen-bond acceptors (Lipinski definition) is 4. The van der Waals surface area contributed by atoms with Gasteiger partial charge in [0.25, 0.3) is 0 Å². The number of anilines is 2. The van der Waals surface area contributed by atoms with Gasteiger partial charge in [0.05, 0.1) is 12.6 Å². The molecular formula is C18H19N3O. The average Bonchev–Trinajstić information content (AvgIpc) is 2.56. The molecule has 0 saturated carbocycles. The number of para-hydroxylation sites is 1. The zero-order chi connectivity index (χ0) is 15.4. The van der Waals surface area contributed by atoms with Crippen LogP contribution in [0, 0.1) is 0 Å². The topological polar surface area (TPSA) is 47.0 Å². The molecular weight excluding hydrogens is 274 g/mol. The van der Waals surface area contributed by atoms with Crippen LogP contribution < -0.4 is 10.1 Å². The van der Waals surface area contributed by atoms with Crippen molar-refractivity contribution in [3.05, 3.63) is 54.4 Å². The SMILES string of the molecule is CCCc1nc(Nc2ccc(OC)cc2)c2ccccc2n1. The molecule has 0 fully saturated rings. The van der Waals surface area contributed by atoms with E-state index in [9.17, 15) is 0 Å². The summed E-state index contributed by atoms with van der Waals surface area (Å²) in [5.74, 6) is 2.56. The third-order valence-electron chi connectivity index (χ3n) is 3.48. The predicted octanol–water partition coefficient (Wildman–Crippen LogP) is 4.33. The molecule has 3 aromatic rings. The van der Waals surface area contributed by atoms with Crippen molar-refractivity contribution in [1.29, 1.82) is 0 Å². The summed E-state index contributed by atoms with van der Waals surface area (Å²) in [4.78, 5) is 9.30. The van der Waals surface area contributed by atoms with Crippen molar-refractivity contribution in [3.8, 4) is 5.75 Å². The van der Waals surface area contributed by atoms with Gasteiger partial charge in [0.15, 0.2) is 0 Å². The molecule has 0 aliphatic heterocycles. The van der Waals surface area contributed by atoms with Gasteiger partial charge in [-0.3, -0.25) is 0 Å². The highest BCUT2D eigenvalue weighted by molar-refractivity contribution is 5.90. The fraction of sp³-hybridized carbons (Fsp3) is 0.222. The van der Waals surface area contributed by atoms with E-state index in [1.54, 1.807) is 7.11 Å². The largest absolute Gasteiger partial charge is 0.497 e. The maximum atomic E-state index is 5.19. The molecule has 1 N–H and O–H groups in total. The van der Waals surface area contributed by atoms with Crippen molar-refractivity contribution in [1.82, 2.24) is 9.97 Å². The average molecular weight is 293 g/mol. The third kappa shape index (κ3) is 3.01. The summed E-state index contributed by atoms with van der Waals surface area (Å²) < 4.78 is 5.19. The van der Waals surface area contributed by atoms with Gasteiger partial charge >= 0.3 is 0 Å². The van der Waals surface area contributed by atoms with Crippen LogP contribution in [0.3, 0.4) is 0 Å². The number of nitrogens with zero attached hydrogens (tertiary/aromatic N) is 2. The lowest BCUT2D eigenvalue weighted by atomic mass is 10.2. The van der Waals surface area contributed by atoms with Crippen LogP contribution in [-0.2, 0) is 6.42 Å². The zero-order valence-electron chi connectivity index (χ0n) is 12.8. The minimum Gasteiger partial charge on any atom is -0.497 e. The van der Waals surface area contributed by atoms with Gasteiger partial charge < -0.3 is 10.1 Å². The van der Waals surface area contributed by atoms with Crippen LogP contribution in [0.15, 0.2) is 48.5 Å². The summed E-state index contributed by atoms with van der Waals surface area (Å²) in [6.45, 7) is 2.13. The number of rotatable bonds is 5. The van der Waals surface area contributed by atoms with Crippen LogP contribution in [0.4, 0.5) is 11.5 Å².